The minimum Gasteiger partial charge on any atom is -0.271 e. The number of benzene rings is 1. The first kappa shape index (κ1) is 16.6. The summed E-state index contributed by atoms with van der Waals surface area (Å²) in [6.45, 7) is 2.22. The van der Waals surface area contributed by atoms with Crippen molar-refractivity contribution in [2.45, 2.75) is 36.3 Å². The molecule has 0 bridgehead atoms. The molecule has 1 aliphatic rings. The maximum absolute atomic E-state index is 13.6. The van der Waals surface area contributed by atoms with E-state index in [9.17, 15) is 4.39 Å². The highest BCUT2D eigenvalue weighted by molar-refractivity contribution is 9.10. The Morgan fingerprint density at radius 3 is 2.90 bits per heavy atom. The summed E-state index contributed by atoms with van der Waals surface area (Å²) in [5, 5.41) is 1.08. The van der Waals surface area contributed by atoms with Gasteiger partial charge in [0.25, 0.3) is 0 Å². The first-order chi connectivity index (χ1) is 9.67. The summed E-state index contributed by atoms with van der Waals surface area (Å²) in [4.78, 5) is 0. The van der Waals surface area contributed by atoms with Crippen molar-refractivity contribution in [2.75, 3.05) is 11.5 Å². The largest absolute Gasteiger partial charge is 0.271 e. The van der Waals surface area contributed by atoms with Crippen LogP contribution in [-0.4, -0.2) is 28.0 Å². The average molecular weight is 379 g/mol. The van der Waals surface area contributed by atoms with Crippen molar-refractivity contribution in [3.8, 4) is 0 Å². The molecule has 3 N–H and O–H groups in total. The van der Waals surface area contributed by atoms with Gasteiger partial charge >= 0.3 is 0 Å². The molecule has 3 unspecified atom stereocenters. The Labute approximate surface area is 136 Å². The van der Waals surface area contributed by atoms with Crippen LogP contribution >= 0.6 is 39.5 Å². The van der Waals surface area contributed by atoms with Gasteiger partial charge in [-0.15, -0.1) is 0 Å². The zero-order valence-electron chi connectivity index (χ0n) is 11.4. The van der Waals surface area contributed by atoms with Gasteiger partial charge in [-0.25, -0.2) is 4.39 Å². The van der Waals surface area contributed by atoms with Gasteiger partial charge in [-0.05, 0) is 40.4 Å². The van der Waals surface area contributed by atoms with Gasteiger partial charge in [0.15, 0.2) is 0 Å². The lowest BCUT2D eigenvalue weighted by molar-refractivity contribution is 0.488. The molecule has 20 heavy (non-hydrogen) atoms. The van der Waals surface area contributed by atoms with Crippen molar-refractivity contribution in [1.82, 2.24) is 5.43 Å². The average Bonchev–Trinajstić information content (AvgIpc) is 2.49. The lowest BCUT2D eigenvalue weighted by atomic mass is 10.0. The molecule has 112 valence electrons. The second kappa shape index (κ2) is 8.03. The fraction of sp³-hybridized carbons (Fsp3) is 0.571. The van der Waals surface area contributed by atoms with E-state index in [-0.39, 0.29) is 11.9 Å². The summed E-state index contributed by atoms with van der Waals surface area (Å²) in [5.41, 5.74) is 3.93. The van der Waals surface area contributed by atoms with Crippen LogP contribution in [-0.2, 0) is 6.42 Å². The van der Waals surface area contributed by atoms with Crippen LogP contribution < -0.4 is 11.3 Å². The number of thioether (sulfide) groups is 2. The van der Waals surface area contributed by atoms with Crippen LogP contribution in [0.25, 0.3) is 0 Å². The highest BCUT2D eigenvalue weighted by Gasteiger charge is 2.32. The number of rotatable bonds is 5. The predicted molar refractivity (Wildman–Crippen MR) is 91.7 cm³/mol. The van der Waals surface area contributed by atoms with E-state index in [0.717, 1.165) is 24.2 Å². The Morgan fingerprint density at radius 1 is 1.45 bits per heavy atom. The number of hydrazine groups is 1. The molecule has 1 aromatic carbocycles. The molecule has 1 aromatic rings. The van der Waals surface area contributed by atoms with Crippen molar-refractivity contribution in [3.05, 3.63) is 34.1 Å². The second-order valence-electron chi connectivity index (χ2n) is 4.84. The molecule has 6 heteroatoms. The monoisotopic (exact) mass is 378 g/mol. The van der Waals surface area contributed by atoms with Crippen molar-refractivity contribution in [3.63, 3.8) is 0 Å². The number of hydrogen-bond acceptors (Lipinski definition) is 4. The van der Waals surface area contributed by atoms with Crippen LogP contribution in [0.1, 0.15) is 18.9 Å². The lowest BCUT2D eigenvalue weighted by Crippen LogP contribution is -2.49. The molecule has 1 aliphatic heterocycles. The third kappa shape index (κ3) is 3.91. The van der Waals surface area contributed by atoms with Gasteiger partial charge in [0.05, 0.1) is 4.47 Å². The fourth-order valence-electron chi connectivity index (χ4n) is 2.52. The summed E-state index contributed by atoms with van der Waals surface area (Å²) in [6, 6.07) is 5.34. The molecule has 0 spiro atoms. The standard InChI is InChI=1S/C14H20BrFN2S2/c1-2-12-14(20-7-6-19-12)11(18-17)8-9-4-3-5-10(16)13(9)15/h3-5,11-12,14,18H,2,6-8,17H2,1H3. The normalized spacial score (nSPS) is 24.6. The Hall–Kier alpha value is 0.250. The van der Waals surface area contributed by atoms with Crippen LogP contribution in [0.4, 0.5) is 4.39 Å². The molecule has 0 radical (unpaired) electrons. The Bertz CT molecular complexity index is 447. The molecule has 0 amide bonds. The van der Waals surface area contributed by atoms with Gasteiger partial charge in [0, 0.05) is 28.0 Å². The van der Waals surface area contributed by atoms with Crippen molar-refractivity contribution < 1.29 is 4.39 Å². The number of hydrogen-bond donors (Lipinski definition) is 2. The van der Waals surface area contributed by atoms with Crippen LogP contribution in [0.5, 0.6) is 0 Å². The van der Waals surface area contributed by atoms with Gasteiger partial charge in [0.1, 0.15) is 5.82 Å². The van der Waals surface area contributed by atoms with Crippen LogP contribution in [0.2, 0.25) is 0 Å². The molecule has 2 rings (SSSR count). The van der Waals surface area contributed by atoms with E-state index in [1.54, 1.807) is 6.07 Å². The molecule has 1 heterocycles. The van der Waals surface area contributed by atoms with Crippen LogP contribution in [0, 0.1) is 5.82 Å². The van der Waals surface area contributed by atoms with Crippen molar-refractivity contribution in [1.29, 1.82) is 0 Å². The van der Waals surface area contributed by atoms with E-state index >= 15 is 0 Å². The third-order valence-corrected chi connectivity index (χ3v) is 7.87. The summed E-state index contributed by atoms with van der Waals surface area (Å²) in [7, 11) is 0. The number of halogens is 2. The first-order valence-electron chi connectivity index (χ1n) is 6.79. The van der Waals surface area contributed by atoms with Gasteiger partial charge in [0.2, 0.25) is 0 Å². The third-order valence-electron chi connectivity index (χ3n) is 3.58. The topological polar surface area (TPSA) is 38.0 Å². The van der Waals surface area contributed by atoms with E-state index in [4.69, 9.17) is 5.84 Å². The number of nitrogens with one attached hydrogen (secondary N) is 1. The smallest absolute Gasteiger partial charge is 0.137 e. The molecule has 2 nitrogen and oxygen atoms in total. The molecule has 1 saturated heterocycles. The van der Waals surface area contributed by atoms with E-state index in [1.165, 1.54) is 11.8 Å². The Balaban J connectivity index is 2.13. The van der Waals surface area contributed by atoms with Crippen molar-refractivity contribution >= 4 is 39.5 Å². The molecular weight excluding hydrogens is 359 g/mol. The van der Waals surface area contributed by atoms with E-state index < -0.39 is 0 Å². The maximum Gasteiger partial charge on any atom is 0.137 e. The second-order valence-corrected chi connectivity index (χ2v) is 8.27. The van der Waals surface area contributed by atoms with Gasteiger partial charge < -0.3 is 0 Å². The minimum absolute atomic E-state index is 0.163. The maximum atomic E-state index is 13.6. The Morgan fingerprint density at radius 2 is 2.20 bits per heavy atom. The van der Waals surface area contributed by atoms with Crippen LogP contribution in [0.15, 0.2) is 22.7 Å². The zero-order valence-corrected chi connectivity index (χ0v) is 14.7. The first-order valence-corrected chi connectivity index (χ1v) is 9.68. The van der Waals surface area contributed by atoms with Gasteiger partial charge in [-0.1, -0.05) is 19.1 Å². The lowest BCUT2D eigenvalue weighted by Gasteiger charge is -2.35. The molecule has 1 fully saturated rings. The summed E-state index contributed by atoms with van der Waals surface area (Å²) in [5.74, 6) is 7.93. The van der Waals surface area contributed by atoms with Gasteiger partial charge in [-0.3, -0.25) is 11.3 Å². The molecular formula is C14H20BrFN2S2. The number of nitrogens with two attached hydrogens (primary N) is 1. The zero-order chi connectivity index (χ0) is 14.5. The molecule has 0 saturated carbocycles. The minimum atomic E-state index is -0.212. The Kier molecular flexibility index (Phi) is 6.68. The summed E-state index contributed by atoms with van der Waals surface area (Å²) < 4.78 is 14.2. The molecule has 0 aliphatic carbocycles. The quantitative estimate of drug-likeness (QED) is 0.606. The highest BCUT2D eigenvalue weighted by atomic mass is 79.9. The van der Waals surface area contributed by atoms with E-state index in [0.29, 0.717) is 15.0 Å². The van der Waals surface area contributed by atoms with Crippen molar-refractivity contribution in [2.24, 2.45) is 5.84 Å². The highest BCUT2D eigenvalue weighted by Crippen LogP contribution is 2.36. The summed E-state index contributed by atoms with van der Waals surface area (Å²) >= 11 is 7.35. The van der Waals surface area contributed by atoms with Gasteiger partial charge in [-0.2, -0.15) is 23.5 Å². The van der Waals surface area contributed by atoms with E-state index in [2.05, 4.69) is 28.3 Å². The summed E-state index contributed by atoms with van der Waals surface area (Å²) in [6.07, 6.45) is 1.88. The fourth-order valence-corrected chi connectivity index (χ4v) is 6.20. The molecule has 0 aromatic heterocycles. The van der Waals surface area contributed by atoms with E-state index in [1.807, 2.05) is 29.6 Å². The predicted octanol–water partition coefficient (Wildman–Crippen LogP) is 3.59. The van der Waals surface area contributed by atoms with Crippen LogP contribution in [0.3, 0.4) is 0 Å². The SMILES string of the molecule is CCC1SCCSC1C(Cc1cccc(F)c1Br)NN. The molecule has 3 atom stereocenters.